The molecule has 3 rings (SSSR count). The fourth-order valence-corrected chi connectivity index (χ4v) is 1.78. The quantitative estimate of drug-likeness (QED) is 0.848. The van der Waals surface area contributed by atoms with Crippen molar-refractivity contribution < 1.29 is 9.59 Å². The topological polar surface area (TPSA) is 46.2 Å². The summed E-state index contributed by atoms with van der Waals surface area (Å²) >= 11 is 0. The molecule has 2 aromatic rings. The standard InChI is InChI=1S/C13H12.C4H3NO2/c1-3-7-12(8-4-1)11-13-9-5-2-6-10-13;6-3-1-2-4(7)5-3/h1-10H,11H2;1-2H,(H,5,6,7). The van der Waals surface area contributed by atoms with E-state index in [1.54, 1.807) is 0 Å². The van der Waals surface area contributed by atoms with Crippen LogP contribution in [0.1, 0.15) is 11.1 Å². The average Bonchev–Trinajstić information content (AvgIpc) is 2.85. The number of carbonyl (C=O) groups is 2. The summed E-state index contributed by atoms with van der Waals surface area (Å²) in [5.41, 5.74) is 2.74. The number of rotatable bonds is 2. The Kier molecular flexibility index (Phi) is 4.84. The van der Waals surface area contributed by atoms with Crippen LogP contribution in [0.2, 0.25) is 0 Å². The van der Waals surface area contributed by atoms with E-state index in [-0.39, 0.29) is 11.8 Å². The van der Waals surface area contributed by atoms with Crippen LogP contribution in [0.5, 0.6) is 0 Å². The average molecular weight is 265 g/mol. The predicted molar refractivity (Wildman–Crippen MR) is 78.0 cm³/mol. The molecule has 3 nitrogen and oxygen atoms in total. The van der Waals surface area contributed by atoms with Crippen molar-refractivity contribution in [1.29, 1.82) is 0 Å². The summed E-state index contributed by atoms with van der Waals surface area (Å²) in [5, 5.41) is 2.03. The van der Waals surface area contributed by atoms with Crippen molar-refractivity contribution in [3.63, 3.8) is 0 Å². The molecule has 1 heterocycles. The van der Waals surface area contributed by atoms with Gasteiger partial charge in [-0.2, -0.15) is 0 Å². The second-order valence-corrected chi connectivity index (χ2v) is 4.33. The lowest BCUT2D eigenvalue weighted by Gasteiger charge is -2.00. The van der Waals surface area contributed by atoms with E-state index in [9.17, 15) is 9.59 Å². The van der Waals surface area contributed by atoms with Gasteiger partial charge in [0, 0.05) is 12.2 Å². The van der Waals surface area contributed by atoms with Crippen LogP contribution < -0.4 is 5.32 Å². The van der Waals surface area contributed by atoms with E-state index in [4.69, 9.17) is 0 Å². The third-order valence-corrected chi connectivity index (χ3v) is 2.73. The van der Waals surface area contributed by atoms with Gasteiger partial charge in [0.2, 0.25) is 0 Å². The van der Waals surface area contributed by atoms with E-state index in [2.05, 4.69) is 60.7 Å². The number of hydrogen-bond acceptors (Lipinski definition) is 2. The second-order valence-electron chi connectivity index (χ2n) is 4.33. The molecule has 0 saturated heterocycles. The zero-order valence-electron chi connectivity index (χ0n) is 11.0. The predicted octanol–water partition coefficient (Wildman–Crippen LogP) is 2.48. The lowest BCUT2D eigenvalue weighted by molar-refractivity contribution is -0.123. The van der Waals surface area contributed by atoms with Gasteiger partial charge in [-0.15, -0.1) is 0 Å². The number of imide groups is 1. The number of nitrogens with one attached hydrogen (secondary N) is 1. The van der Waals surface area contributed by atoms with Crippen molar-refractivity contribution in [1.82, 2.24) is 5.32 Å². The van der Waals surface area contributed by atoms with Crippen molar-refractivity contribution >= 4 is 11.8 Å². The van der Waals surface area contributed by atoms with Gasteiger partial charge in [0.15, 0.2) is 0 Å². The number of amides is 2. The Hall–Kier alpha value is -2.68. The third-order valence-electron chi connectivity index (χ3n) is 2.73. The van der Waals surface area contributed by atoms with Crippen molar-refractivity contribution in [2.24, 2.45) is 0 Å². The Labute approximate surface area is 117 Å². The van der Waals surface area contributed by atoms with E-state index in [0.717, 1.165) is 6.42 Å². The van der Waals surface area contributed by atoms with E-state index in [1.165, 1.54) is 23.3 Å². The molecule has 20 heavy (non-hydrogen) atoms. The monoisotopic (exact) mass is 265 g/mol. The van der Waals surface area contributed by atoms with Gasteiger partial charge >= 0.3 is 0 Å². The fourth-order valence-electron chi connectivity index (χ4n) is 1.78. The van der Waals surface area contributed by atoms with Crippen molar-refractivity contribution in [2.75, 3.05) is 0 Å². The summed E-state index contributed by atoms with van der Waals surface area (Å²) in [5.74, 6) is -0.657. The molecule has 1 N–H and O–H groups in total. The number of benzene rings is 2. The molecule has 0 aromatic heterocycles. The van der Waals surface area contributed by atoms with Gasteiger partial charge in [0.25, 0.3) is 11.8 Å². The zero-order valence-corrected chi connectivity index (χ0v) is 11.0. The lowest BCUT2D eigenvalue weighted by Crippen LogP contribution is -2.19. The van der Waals surface area contributed by atoms with Crippen LogP contribution in [0.4, 0.5) is 0 Å². The Balaban J connectivity index is 0.000000178. The van der Waals surface area contributed by atoms with Gasteiger partial charge < -0.3 is 0 Å². The van der Waals surface area contributed by atoms with Gasteiger partial charge in [-0.3, -0.25) is 14.9 Å². The minimum absolute atomic E-state index is 0.329. The summed E-state index contributed by atoms with van der Waals surface area (Å²) in [6.07, 6.45) is 3.42. The first-order valence-corrected chi connectivity index (χ1v) is 6.35. The van der Waals surface area contributed by atoms with Crippen molar-refractivity contribution in [3.05, 3.63) is 83.9 Å². The molecule has 0 radical (unpaired) electrons. The molecule has 2 amide bonds. The molecule has 0 aliphatic carbocycles. The maximum Gasteiger partial charge on any atom is 0.250 e. The summed E-state index contributed by atoms with van der Waals surface area (Å²) in [4.78, 5) is 20.1. The molecule has 100 valence electrons. The molecule has 0 spiro atoms. The molecule has 2 aromatic carbocycles. The summed E-state index contributed by atoms with van der Waals surface area (Å²) < 4.78 is 0. The Morgan fingerprint density at radius 2 is 1.05 bits per heavy atom. The van der Waals surface area contributed by atoms with Crippen LogP contribution in [0.15, 0.2) is 72.8 Å². The second kappa shape index (κ2) is 7.04. The molecule has 0 bridgehead atoms. The Morgan fingerprint density at radius 3 is 1.35 bits per heavy atom. The fraction of sp³-hybridized carbons (Fsp3) is 0.0588. The highest BCUT2D eigenvalue weighted by atomic mass is 16.2. The molecule has 0 atom stereocenters. The molecule has 0 fully saturated rings. The van der Waals surface area contributed by atoms with Crippen molar-refractivity contribution in [2.45, 2.75) is 6.42 Å². The third kappa shape index (κ3) is 4.53. The van der Waals surface area contributed by atoms with E-state index >= 15 is 0 Å². The van der Waals surface area contributed by atoms with Gasteiger partial charge in [0.05, 0.1) is 0 Å². The lowest BCUT2D eigenvalue weighted by atomic mass is 10.1. The van der Waals surface area contributed by atoms with Crippen LogP contribution in [0, 0.1) is 0 Å². The smallest absolute Gasteiger partial charge is 0.250 e. The van der Waals surface area contributed by atoms with Gasteiger partial charge in [-0.05, 0) is 17.5 Å². The van der Waals surface area contributed by atoms with E-state index in [1.807, 2.05) is 5.32 Å². The number of carbonyl (C=O) groups excluding carboxylic acids is 2. The molecule has 3 heteroatoms. The van der Waals surface area contributed by atoms with Crippen LogP contribution in [-0.2, 0) is 16.0 Å². The molecule has 1 aliphatic rings. The minimum atomic E-state index is -0.329. The van der Waals surface area contributed by atoms with Gasteiger partial charge in [-0.1, -0.05) is 60.7 Å². The van der Waals surface area contributed by atoms with Gasteiger partial charge in [0.1, 0.15) is 0 Å². The van der Waals surface area contributed by atoms with Gasteiger partial charge in [-0.25, -0.2) is 0 Å². The minimum Gasteiger partial charge on any atom is -0.289 e. The first-order chi connectivity index (χ1) is 9.74. The molecule has 0 unspecified atom stereocenters. The largest absolute Gasteiger partial charge is 0.289 e. The maximum absolute atomic E-state index is 10.0. The highest BCUT2D eigenvalue weighted by Crippen LogP contribution is 2.07. The van der Waals surface area contributed by atoms with Crippen LogP contribution in [0.25, 0.3) is 0 Å². The molecule has 0 saturated carbocycles. The number of hydrogen-bond donors (Lipinski definition) is 1. The highest BCUT2D eigenvalue weighted by molar-refractivity contribution is 6.12. The van der Waals surface area contributed by atoms with E-state index in [0.29, 0.717) is 0 Å². The summed E-state index contributed by atoms with van der Waals surface area (Å²) in [6.45, 7) is 0. The molecular weight excluding hydrogens is 250 g/mol. The summed E-state index contributed by atoms with van der Waals surface area (Å²) in [7, 11) is 0. The highest BCUT2D eigenvalue weighted by Gasteiger charge is 2.06. The van der Waals surface area contributed by atoms with Crippen LogP contribution in [0.3, 0.4) is 0 Å². The van der Waals surface area contributed by atoms with Crippen molar-refractivity contribution in [3.8, 4) is 0 Å². The Bertz CT molecular complexity index is 550. The molecule has 1 aliphatic heterocycles. The van der Waals surface area contributed by atoms with E-state index < -0.39 is 0 Å². The zero-order chi connectivity index (χ0) is 14.2. The molecular formula is C17H15NO2. The van der Waals surface area contributed by atoms with Crippen LogP contribution >= 0.6 is 0 Å². The van der Waals surface area contributed by atoms with Crippen LogP contribution in [-0.4, -0.2) is 11.8 Å². The SMILES string of the molecule is O=C1C=CC(=O)N1.c1ccc(Cc2ccccc2)cc1. The normalized spacial score (nSPS) is 12.6. The summed E-state index contributed by atoms with van der Waals surface area (Å²) in [6, 6.07) is 21.1. The maximum atomic E-state index is 10.0. The Morgan fingerprint density at radius 1 is 0.650 bits per heavy atom. The first-order valence-electron chi connectivity index (χ1n) is 6.35. The first kappa shape index (κ1) is 13.7.